The second kappa shape index (κ2) is 7.50. The number of morpholine rings is 1. The van der Waals surface area contributed by atoms with Gasteiger partial charge in [0, 0.05) is 25.8 Å². The number of nitrogens with zero attached hydrogens (tertiary/aromatic N) is 3. The Kier molecular flexibility index (Phi) is 4.91. The smallest absolute Gasteiger partial charge is 0.268 e. The third kappa shape index (κ3) is 3.58. The van der Waals surface area contributed by atoms with Crippen LogP contribution in [0.15, 0.2) is 40.5 Å². The lowest BCUT2D eigenvalue weighted by Crippen LogP contribution is -2.38. The SMILES string of the molecule is CN(Cc1nc2ccsc2c(=O)[nH]1)C(=O)c1ccccc1N1CCOCC1. The third-order valence-electron chi connectivity index (χ3n) is 4.58. The second-order valence-electron chi connectivity index (χ2n) is 6.43. The normalized spacial score (nSPS) is 14.5. The molecule has 4 rings (SSSR count). The van der Waals surface area contributed by atoms with Gasteiger partial charge in [0.1, 0.15) is 10.5 Å². The number of anilines is 1. The van der Waals surface area contributed by atoms with Gasteiger partial charge in [0.15, 0.2) is 0 Å². The number of amides is 1. The minimum Gasteiger partial charge on any atom is -0.378 e. The Labute approximate surface area is 160 Å². The number of nitrogens with one attached hydrogen (secondary N) is 1. The van der Waals surface area contributed by atoms with Gasteiger partial charge in [-0.05, 0) is 23.6 Å². The molecule has 0 unspecified atom stereocenters. The van der Waals surface area contributed by atoms with E-state index >= 15 is 0 Å². The number of fused-ring (bicyclic) bond motifs is 1. The fourth-order valence-electron chi connectivity index (χ4n) is 3.23. The first kappa shape index (κ1) is 17.7. The highest BCUT2D eigenvalue weighted by molar-refractivity contribution is 7.17. The summed E-state index contributed by atoms with van der Waals surface area (Å²) in [5, 5.41) is 1.84. The summed E-state index contributed by atoms with van der Waals surface area (Å²) in [4.78, 5) is 36.2. The maximum absolute atomic E-state index is 13.1. The van der Waals surface area contributed by atoms with E-state index in [9.17, 15) is 9.59 Å². The molecule has 0 atom stereocenters. The summed E-state index contributed by atoms with van der Waals surface area (Å²) in [6, 6.07) is 9.41. The minimum absolute atomic E-state index is 0.106. The number of thiophene rings is 1. The molecule has 0 aliphatic carbocycles. The van der Waals surface area contributed by atoms with Gasteiger partial charge in [0.05, 0.1) is 30.8 Å². The van der Waals surface area contributed by atoms with Crippen molar-refractivity contribution in [2.75, 3.05) is 38.3 Å². The number of ether oxygens (including phenoxy) is 1. The predicted octanol–water partition coefficient (Wildman–Crippen LogP) is 2.09. The van der Waals surface area contributed by atoms with Crippen LogP contribution in [0.3, 0.4) is 0 Å². The molecule has 3 heterocycles. The van der Waals surface area contributed by atoms with Crippen molar-refractivity contribution in [3.8, 4) is 0 Å². The number of carbonyl (C=O) groups is 1. The molecular weight excluding hydrogens is 364 g/mol. The summed E-state index contributed by atoms with van der Waals surface area (Å²) in [6.07, 6.45) is 0. The zero-order valence-electron chi connectivity index (χ0n) is 15.0. The number of hydrogen-bond acceptors (Lipinski definition) is 6. The van der Waals surface area contributed by atoms with Crippen LogP contribution in [0.25, 0.3) is 10.2 Å². The van der Waals surface area contributed by atoms with Gasteiger partial charge in [-0.2, -0.15) is 0 Å². The van der Waals surface area contributed by atoms with Crippen molar-refractivity contribution in [3.05, 3.63) is 57.5 Å². The molecule has 3 aromatic rings. The zero-order valence-corrected chi connectivity index (χ0v) is 15.8. The molecule has 0 radical (unpaired) electrons. The minimum atomic E-state index is -0.167. The number of hydrogen-bond donors (Lipinski definition) is 1. The summed E-state index contributed by atoms with van der Waals surface area (Å²) in [5.74, 6) is 0.371. The number of carbonyl (C=O) groups excluding carboxylic acids is 1. The summed E-state index contributed by atoms with van der Waals surface area (Å²) in [6.45, 7) is 3.07. The highest BCUT2D eigenvalue weighted by Gasteiger charge is 2.21. The van der Waals surface area contributed by atoms with Crippen LogP contribution in [-0.2, 0) is 11.3 Å². The Morgan fingerprint density at radius 1 is 1.30 bits per heavy atom. The van der Waals surface area contributed by atoms with Crippen LogP contribution in [0.4, 0.5) is 5.69 Å². The highest BCUT2D eigenvalue weighted by Crippen LogP contribution is 2.23. The molecule has 8 heteroatoms. The molecule has 0 saturated carbocycles. The Bertz CT molecular complexity index is 1020. The second-order valence-corrected chi connectivity index (χ2v) is 7.34. The maximum Gasteiger partial charge on any atom is 0.268 e. The number of benzene rings is 1. The Morgan fingerprint density at radius 2 is 2.07 bits per heavy atom. The average molecular weight is 384 g/mol. The number of aromatic nitrogens is 2. The molecule has 140 valence electrons. The quantitative estimate of drug-likeness (QED) is 0.745. The Hall–Kier alpha value is -2.71. The van der Waals surface area contributed by atoms with Crippen LogP contribution < -0.4 is 10.5 Å². The molecule has 1 aromatic carbocycles. The zero-order chi connectivity index (χ0) is 18.8. The first-order valence-electron chi connectivity index (χ1n) is 8.77. The number of H-pyrrole nitrogens is 1. The molecule has 1 aliphatic rings. The monoisotopic (exact) mass is 384 g/mol. The standard InChI is InChI=1S/C19H20N4O3S/c1-22(12-16-20-14-6-11-27-17(14)18(24)21-16)19(25)13-4-2-3-5-15(13)23-7-9-26-10-8-23/h2-6,11H,7-10,12H2,1H3,(H,20,21,24). The Morgan fingerprint density at radius 3 is 2.89 bits per heavy atom. The van der Waals surface area contributed by atoms with Gasteiger partial charge in [0.25, 0.3) is 11.5 Å². The van der Waals surface area contributed by atoms with Crippen molar-refractivity contribution in [2.24, 2.45) is 0 Å². The predicted molar refractivity (Wildman–Crippen MR) is 106 cm³/mol. The largest absolute Gasteiger partial charge is 0.378 e. The maximum atomic E-state index is 13.1. The van der Waals surface area contributed by atoms with Gasteiger partial charge in [-0.1, -0.05) is 12.1 Å². The number of aromatic amines is 1. The molecule has 0 bridgehead atoms. The molecule has 1 N–H and O–H groups in total. The molecule has 1 fully saturated rings. The van der Waals surface area contributed by atoms with Crippen LogP contribution in [0.1, 0.15) is 16.2 Å². The summed E-state index contributed by atoms with van der Waals surface area (Å²) >= 11 is 1.36. The lowest BCUT2D eigenvalue weighted by atomic mass is 10.1. The van der Waals surface area contributed by atoms with E-state index in [1.54, 1.807) is 11.9 Å². The molecule has 27 heavy (non-hydrogen) atoms. The van der Waals surface area contributed by atoms with E-state index in [0.717, 1.165) is 18.8 Å². The van der Waals surface area contributed by atoms with Crippen LogP contribution in [0.5, 0.6) is 0 Å². The summed E-state index contributed by atoms with van der Waals surface area (Å²) in [7, 11) is 1.72. The van der Waals surface area contributed by atoms with Crippen LogP contribution in [0.2, 0.25) is 0 Å². The molecule has 7 nitrogen and oxygen atoms in total. The first-order chi connectivity index (χ1) is 13.1. The first-order valence-corrected chi connectivity index (χ1v) is 9.65. The lowest BCUT2D eigenvalue weighted by Gasteiger charge is -2.31. The van der Waals surface area contributed by atoms with E-state index in [1.165, 1.54) is 11.3 Å². The van der Waals surface area contributed by atoms with Gasteiger partial charge in [0.2, 0.25) is 0 Å². The van der Waals surface area contributed by atoms with E-state index in [2.05, 4.69) is 14.9 Å². The van der Waals surface area contributed by atoms with Crippen molar-refractivity contribution in [3.63, 3.8) is 0 Å². The fraction of sp³-hybridized carbons (Fsp3) is 0.316. The molecule has 1 saturated heterocycles. The van der Waals surface area contributed by atoms with Gasteiger partial charge < -0.3 is 19.5 Å². The number of para-hydroxylation sites is 1. The molecule has 1 amide bonds. The average Bonchev–Trinajstić information content (AvgIpc) is 3.17. The number of rotatable bonds is 4. The van der Waals surface area contributed by atoms with Crippen molar-refractivity contribution < 1.29 is 9.53 Å². The topological polar surface area (TPSA) is 78.5 Å². The van der Waals surface area contributed by atoms with E-state index in [4.69, 9.17) is 4.74 Å². The van der Waals surface area contributed by atoms with E-state index in [1.807, 2.05) is 35.7 Å². The van der Waals surface area contributed by atoms with Gasteiger partial charge in [-0.25, -0.2) is 4.98 Å². The molecule has 2 aromatic heterocycles. The van der Waals surface area contributed by atoms with Gasteiger partial charge in [-0.15, -0.1) is 11.3 Å². The summed E-state index contributed by atoms with van der Waals surface area (Å²) < 4.78 is 6.01. The third-order valence-corrected chi connectivity index (χ3v) is 5.49. The van der Waals surface area contributed by atoms with Crippen molar-refractivity contribution in [1.82, 2.24) is 14.9 Å². The molecular formula is C19H20N4O3S. The molecule has 1 aliphatic heterocycles. The van der Waals surface area contributed by atoms with E-state index in [-0.39, 0.29) is 18.0 Å². The van der Waals surface area contributed by atoms with Crippen molar-refractivity contribution >= 4 is 33.1 Å². The Balaban J connectivity index is 1.57. The van der Waals surface area contributed by atoms with E-state index in [0.29, 0.717) is 34.8 Å². The van der Waals surface area contributed by atoms with Gasteiger partial charge in [-0.3, -0.25) is 9.59 Å². The van der Waals surface area contributed by atoms with Gasteiger partial charge >= 0.3 is 0 Å². The van der Waals surface area contributed by atoms with Crippen LogP contribution in [0, 0.1) is 0 Å². The van der Waals surface area contributed by atoms with E-state index < -0.39 is 0 Å². The van der Waals surface area contributed by atoms with Crippen LogP contribution in [-0.4, -0.2) is 54.1 Å². The van der Waals surface area contributed by atoms with Crippen molar-refractivity contribution in [2.45, 2.75) is 6.54 Å². The summed E-state index contributed by atoms with van der Waals surface area (Å²) in [5.41, 5.74) is 2.04. The van der Waals surface area contributed by atoms with Crippen LogP contribution >= 0.6 is 11.3 Å². The van der Waals surface area contributed by atoms with Crippen molar-refractivity contribution in [1.29, 1.82) is 0 Å². The molecule has 0 spiro atoms. The fourth-order valence-corrected chi connectivity index (χ4v) is 3.96. The lowest BCUT2D eigenvalue weighted by molar-refractivity contribution is 0.0781. The highest BCUT2D eigenvalue weighted by atomic mass is 32.1.